The van der Waals surface area contributed by atoms with E-state index in [0.717, 1.165) is 11.1 Å². The maximum absolute atomic E-state index is 13.8. The molecule has 1 aliphatic rings. The first-order chi connectivity index (χ1) is 18.9. The molecule has 4 aromatic rings. The SMILES string of the molecule is COc1cc(NC(=O)C2=C(C)Nc3ncnn3C2c2cccc(OCc3ccc(F)cc3)c2)c(OC)cc1Cl. The van der Waals surface area contributed by atoms with Gasteiger partial charge in [0.05, 0.1) is 30.5 Å². The van der Waals surface area contributed by atoms with Crippen LogP contribution in [0.3, 0.4) is 0 Å². The molecule has 1 aliphatic heterocycles. The first-order valence-corrected chi connectivity index (χ1v) is 12.3. The number of methoxy groups -OCH3 is 2. The van der Waals surface area contributed by atoms with Crippen LogP contribution in [0.15, 0.2) is 78.3 Å². The minimum Gasteiger partial charge on any atom is -0.495 e. The lowest BCUT2D eigenvalue weighted by atomic mass is 9.94. The molecule has 11 heteroatoms. The van der Waals surface area contributed by atoms with Gasteiger partial charge in [0.25, 0.3) is 5.91 Å². The lowest BCUT2D eigenvalue weighted by Crippen LogP contribution is -2.31. The smallest absolute Gasteiger partial charge is 0.255 e. The zero-order valence-electron chi connectivity index (χ0n) is 21.4. The highest BCUT2D eigenvalue weighted by Gasteiger charge is 2.34. The Morgan fingerprint density at radius 1 is 1.10 bits per heavy atom. The third-order valence-corrected chi connectivity index (χ3v) is 6.55. The molecule has 0 spiro atoms. The molecule has 0 saturated heterocycles. The van der Waals surface area contributed by atoms with E-state index in [0.29, 0.717) is 45.2 Å². The molecule has 39 heavy (non-hydrogen) atoms. The Bertz CT molecular complexity index is 1550. The third-order valence-electron chi connectivity index (χ3n) is 6.25. The zero-order chi connectivity index (χ0) is 27.5. The first-order valence-electron chi connectivity index (χ1n) is 11.9. The number of nitrogens with zero attached hydrogens (tertiary/aromatic N) is 3. The van der Waals surface area contributed by atoms with E-state index < -0.39 is 6.04 Å². The summed E-state index contributed by atoms with van der Waals surface area (Å²) in [7, 11) is 2.98. The van der Waals surface area contributed by atoms with E-state index in [4.69, 9.17) is 25.8 Å². The van der Waals surface area contributed by atoms with E-state index >= 15 is 0 Å². The molecule has 1 unspecified atom stereocenters. The van der Waals surface area contributed by atoms with Crippen molar-refractivity contribution in [3.63, 3.8) is 0 Å². The topological polar surface area (TPSA) is 99.5 Å². The van der Waals surface area contributed by atoms with Gasteiger partial charge in [-0.15, -0.1) is 0 Å². The van der Waals surface area contributed by atoms with Crippen molar-refractivity contribution in [1.29, 1.82) is 0 Å². The number of hydrogen-bond acceptors (Lipinski definition) is 7. The van der Waals surface area contributed by atoms with E-state index in [2.05, 4.69) is 20.7 Å². The van der Waals surface area contributed by atoms with E-state index in [1.165, 1.54) is 32.7 Å². The van der Waals surface area contributed by atoms with Gasteiger partial charge in [0.2, 0.25) is 5.95 Å². The quantitative estimate of drug-likeness (QED) is 0.295. The number of hydrogen-bond donors (Lipinski definition) is 2. The number of aromatic nitrogens is 3. The van der Waals surface area contributed by atoms with Crippen molar-refractivity contribution in [2.75, 3.05) is 24.9 Å². The molecule has 1 aromatic heterocycles. The summed E-state index contributed by atoms with van der Waals surface area (Å²) in [5, 5.41) is 10.8. The Balaban J connectivity index is 1.47. The van der Waals surface area contributed by atoms with Crippen molar-refractivity contribution >= 4 is 29.1 Å². The summed E-state index contributed by atoms with van der Waals surface area (Å²) < 4.78 is 31.6. The van der Waals surface area contributed by atoms with Gasteiger partial charge in [0.1, 0.15) is 42.0 Å². The van der Waals surface area contributed by atoms with Crippen LogP contribution in [-0.4, -0.2) is 34.9 Å². The van der Waals surface area contributed by atoms with Crippen molar-refractivity contribution in [1.82, 2.24) is 14.8 Å². The number of carbonyl (C=O) groups is 1. The molecular formula is C28H25ClFN5O4. The van der Waals surface area contributed by atoms with Gasteiger partial charge >= 0.3 is 0 Å². The van der Waals surface area contributed by atoms with Crippen molar-refractivity contribution < 1.29 is 23.4 Å². The van der Waals surface area contributed by atoms with E-state index in [9.17, 15) is 9.18 Å². The molecule has 1 atom stereocenters. The van der Waals surface area contributed by atoms with Gasteiger partial charge < -0.3 is 24.8 Å². The predicted octanol–water partition coefficient (Wildman–Crippen LogP) is 5.59. The van der Waals surface area contributed by atoms with Crippen LogP contribution in [0.1, 0.15) is 24.1 Å². The highest BCUT2D eigenvalue weighted by molar-refractivity contribution is 6.32. The number of rotatable bonds is 8. The Morgan fingerprint density at radius 3 is 2.62 bits per heavy atom. The van der Waals surface area contributed by atoms with Gasteiger partial charge in [-0.25, -0.2) is 9.07 Å². The maximum Gasteiger partial charge on any atom is 0.255 e. The van der Waals surface area contributed by atoms with E-state index in [-0.39, 0.29) is 18.3 Å². The highest BCUT2D eigenvalue weighted by Crippen LogP contribution is 2.39. The number of benzene rings is 3. The second-order valence-electron chi connectivity index (χ2n) is 8.72. The number of carbonyl (C=O) groups excluding carboxylic acids is 1. The summed E-state index contributed by atoms with van der Waals surface area (Å²) in [6.45, 7) is 2.06. The van der Waals surface area contributed by atoms with Crippen LogP contribution in [0.2, 0.25) is 5.02 Å². The standard InChI is InChI=1S/C28H25ClFN5O4/c1-16-25(27(36)34-22-13-23(37-2)21(29)12-24(22)38-3)26(35-28(33-16)31-15-32-35)18-5-4-6-20(11-18)39-14-17-7-9-19(30)10-8-17/h4-13,15,26H,14H2,1-3H3,(H,34,36)(H,31,32,33). The minimum atomic E-state index is -0.613. The molecule has 0 aliphatic carbocycles. The molecule has 1 amide bonds. The highest BCUT2D eigenvalue weighted by atomic mass is 35.5. The fourth-order valence-corrected chi connectivity index (χ4v) is 4.59. The number of halogens is 2. The monoisotopic (exact) mass is 549 g/mol. The van der Waals surface area contributed by atoms with Crippen molar-refractivity contribution in [2.24, 2.45) is 0 Å². The number of anilines is 2. The summed E-state index contributed by atoms with van der Waals surface area (Å²) in [5.41, 5.74) is 2.99. The van der Waals surface area contributed by atoms with Crippen LogP contribution in [0.25, 0.3) is 0 Å². The third kappa shape index (κ3) is 5.37. The molecule has 0 fully saturated rings. The van der Waals surface area contributed by atoms with Gasteiger partial charge in [-0.2, -0.15) is 10.1 Å². The van der Waals surface area contributed by atoms with Crippen LogP contribution in [-0.2, 0) is 11.4 Å². The minimum absolute atomic E-state index is 0.255. The Hall–Kier alpha value is -4.57. The number of amides is 1. The maximum atomic E-state index is 13.8. The molecule has 0 saturated carbocycles. The Labute approximate surface area is 229 Å². The number of nitrogens with one attached hydrogen (secondary N) is 2. The average Bonchev–Trinajstić information content (AvgIpc) is 3.40. The van der Waals surface area contributed by atoms with Gasteiger partial charge in [-0.3, -0.25) is 4.79 Å². The van der Waals surface area contributed by atoms with E-state index in [1.54, 1.807) is 35.9 Å². The van der Waals surface area contributed by atoms with Gasteiger partial charge in [-0.1, -0.05) is 35.9 Å². The fraction of sp³-hybridized carbons (Fsp3) is 0.179. The van der Waals surface area contributed by atoms with Gasteiger partial charge in [-0.05, 0) is 42.3 Å². The first kappa shape index (κ1) is 26.1. The lowest BCUT2D eigenvalue weighted by molar-refractivity contribution is -0.113. The molecule has 2 heterocycles. The molecule has 2 N–H and O–H groups in total. The van der Waals surface area contributed by atoms with Crippen LogP contribution < -0.4 is 24.8 Å². The molecular weight excluding hydrogens is 525 g/mol. The van der Waals surface area contributed by atoms with Crippen LogP contribution >= 0.6 is 11.6 Å². The van der Waals surface area contributed by atoms with Crippen molar-refractivity contribution in [2.45, 2.75) is 19.6 Å². The Morgan fingerprint density at radius 2 is 1.87 bits per heavy atom. The second kappa shape index (κ2) is 11.0. The second-order valence-corrected chi connectivity index (χ2v) is 9.13. The summed E-state index contributed by atoms with van der Waals surface area (Å²) in [6.07, 6.45) is 1.42. The van der Waals surface area contributed by atoms with Crippen LogP contribution in [0.4, 0.5) is 16.0 Å². The molecule has 0 bridgehead atoms. The van der Waals surface area contributed by atoms with Crippen molar-refractivity contribution in [3.05, 3.63) is 100 Å². The largest absolute Gasteiger partial charge is 0.495 e. The van der Waals surface area contributed by atoms with E-state index in [1.807, 2.05) is 24.3 Å². The number of allylic oxidation sites excluding steroid dienone is 1. The molecule has 3 aromatic carbocycles. The van der Waals surface area contributed by atoms with Crippen LogP contribution in [0.5, 0.6) is 17.2 Å². The molecule has 200 valence electrons. The lowest BCUT2D eigenvalue weighted by Gasteiger charge is -2.29. The van der Waals surface area contributed by atoms with Crippen molar-refractivity contribution in [3.8, 4) is 17.2 Å². The zero-order valence-corrected chi connectivity index (χ0v) is 22.1. The summed E-state index contributed by atoms with van der Waals surface area (Å²) in [6, 6.07) is 16.1. The molecule has 0 radical (unpaired) electrons. The Kier molecular flexibility index (Phi) is 7.38. The summed E-state index contributed by atoms with van der Waals surface area (Å²) in [5.74, 6) is 1.16. The van der Waals surface area contributed by atoms with Gasteiger partial charge in [0, 0.05) is 17.8 Å². The average molecular weight is 550 g/mol. The van der Waals surface area contributed by atoms with Gasteiger partial charge in [0.15, 0.2) is 0 Å². The normalized spacial score (nSPS) is 14.3. The number of ether oxygens (including phenoxy) is 3. The van der Waals surface area contributed by atoms with Crippen LogP contribution in [0, 0.1) is 5.82 Å². The molecule has 9 nitrogen and oxygen atoms in total. The summed E-state index contributed by atoms with van der Waals surface area (Å²) in [4.78, 5) is 18.1. The predicted molar refractivity (Wildman–Crippen MR) is 145 cm³/mol. The number of fused-ring (bicyclic) bond motifs is 1. The fourth-order valence-electron chi connectivity index (χ4n) is 4.36. The summed E-state index contributed by atoms with van der Waals surface area (Å²) >= 11 is 6.24. The molecule has 5 rings (SSSR count).